The Balaban J connectivity index is 2.03. The molecule has 20 heavy (non-hydrogen) atoms. The van der Waals surface area contributed by atoms with Crippen LogP contribution in [-0.2, 0) is 4.52 Å². The summed E-state index contributed by atoms with van der Waals surface area (Å²) in [5, 5.41) is 0. The summed E-state index contributed by atoms with van der Waals surface area (Å²) in [6.45, 7) is -2.00. The molecule has 1 aromatic carbocycles. The Morgan fingerprint density at radius 3 is 2.55 bits per heavy atom. The number of hydrogen-bond donors (Lipinski definition) is 1. The van der Waals surface area contributed by atoms with Crippen LogP contribution >= 0.6 is 54.0 Å². The van der Waals surface area contributed by atoms with E-state index < -0.39 is 20.3 Å². The van der Waals surface area contributed by atoms with Gasteiger partial charge in [0, 0.05) is 0 Å². The molecule has 6 nitrogen and oxygen atoms in total. The monoisotopic (exact) mass is 392 g/mol. The van der Waals surface area contributed by atoms with Crippen LogP contribution in [0.3, 0.4) is 0 Å². The zero-order chi connectivity index (χ0) is 14.3. The minimum Gasteiger partial charge on any atom is -0.435 e. The molecule has 1 N–H and O–H groups in total. The van der Waals surface area contributed by atoms with Gasteiger partial charge in [-0.25, -0.2) is 4.74 Å². The van der Waals surface area contributed by atoms with E-state index in [2.05, 4.69) is 18.6 Å². The molecule has 0 aromatic heterocycles. The molecule has 12 heteroatoms. The van der Waals surface area contributed by atoms with Crippen LogP contribution in [0.5, 0.6) is 5.75 Å². The summed E-state index contributed by atoms with van der Waals surface area (Å²) >= 11 is 18.8. The van der Waals surface area contributed by atoms with E-state index in [1.807, 2.05) is 18.2 Å². The quantitative estimate of drug-likeness (QED) is 0.604. The summed E-state index contributed by atoms with van der Waals surface area (Å²) in [5.41, 5.74) is 0. The highest BCUT2D eigenvalue weighted by molar-refractivity contribution is 8.16. The maximum Gasteiger partial charge on any atom is 0.323 e. The lowest BCUT2D eigenvalue weighted by Gasteiger charge is -2.28. The van der Waals surface area contributed by atoms with E-state index in [0.717, 1.165) is 0 Å². The molecule has 3 rings (SSSR count). The second-order valence-electron chi connectivity index (χ2n) is 3.88. The van der Waals surface area contributed by atoms with Crippen molar-refractivity contribution < 1.29 is 9.05 Å². The standard InChI is InChI=1S/C8H10Cl3N4O2P3/c9-18(10)13-19(11,17-8-4-2-1-3-5-8)15-20(14-18)12-6-7-16-20/h1-5,13H,6-7H2/t19-,20-/m0/s1. The van der Waals surface area contributed by atoms with E-state index in [1.165, 1.54) is 0 Å². The predicted octanol–water partition coefficient (Wildman–Crippen LogP) is 6.25. The number of hydrogen-bond acceptors (Lipinski definition) is 6. The van der Waals surface area contributed by atoms with E-state index in [-0.39, 0.29) is 0 Å². The second kappa shape index (κ2) is 5.61. The molecular formula is C8H10Cl3N4O2P3. The molecule has 2 heterocycles. The number of nitrogens with zero attached hydrogens (tertiary/aromatic N) is 3. The number of benzene rings is 1. The fourth-order valence-electron chi connectivity index (χ4n) is 1.65. The largest absolute Gasteiger partial charge is 0.435 e. The lowest BCUT2D eigenvalue weighted by Crippen LogP contribution is -2.06. The average molecular weight is 393 g/mol. The Morgan fingerprint density at radius 2 is 1.90 bits per heavy atom. The average Bonchev–Trinajstić information content (AvgIpc) is 2.74. The van der Waals surface area contributed by atoms with Gasteiger partial charge in [-0.2, -0.15) is 13.9 Å². The van der Waals surface area contributed by atoms with Crippen molar-refractivity contribution in [1.29, 1.82) is 0 Å². The number of rotatable bonds is 2. The minimum atomic E-state index is -2.95. The van der Waals surface area contributed by atoms with Gasteiger partial charge in [0.1, 0.15) is 5.75 Å². The summed E-state index contributed by atoms with van der Waals surface area (Å²) in [6, 6.07) is 9.08. The van der Waals surface area contributed by atoms with E-state index in [1.54, 1.807) is 12.1 Å². The summed E-state index contributed by atoms with van der Waals surface area (Å²) in [5.74, 6) is -2.29. The van der Waals surface area contributed by atoms with Gasteiger partial charge in [0.05, 0.1) is 13.2 Å². The van der Waals surface area contributed by atoms with Gasteiger partial charge >= 0.3 is 14.4 Å². The van der Waals surface area contributed by atoms with Crippen molar-refractivity contribution in [1.82, 2.24) is 4.86 Å². The van der Waals surface area contributed by atoms with Crippen LogP contribution in [0, 0.1) is 0 Å². The van der Waals surface area contributed by atoms with Gasteiger partial charge < -0.3 is 9.05 Å². The van der Waals surface area contributed by atoms with Crippen LogP contribution in [0.25, 0.3) is 0 Å². The van der Waals surface area contributed by atoms with Crippen LogP contribution in [-0.4, -0.2) is 13.2 Å². The molecule has 1 aromatic rings. The Kier molecular flexibility index (Phi) is 4.32. The van der Waals surface area contributed by atoms with Crippen molar-refractivity contribution >= 4 is 54.0 Å². The molecule has 1 spiro atoms. The Hall–Kier alpha value is 0.500. The molecule has 2 aliphatic heterocycles. The lowest BCUT2D eigenvalue weighted by molar-refractivity contribution is 0.385. The second-order valence-corrected chi connectivity index (χ2v) is 14.7. The highest BCUT2D eigenvalue weighted by atomic mass is 35.9. The molecule has 0 unspecified atom stereocenters. The number of nitrogens with one attached hydrogen (secondary N) is 1. The van der Waals surface area contributed by atoms with Crippen LogP contribution in [0.4, 0.5) is 0 Å². The topological polar surface area (TPSA) is 67.6 Å². The Bertz CT molecular complexity index is 689. The van der Waals surface area contributed by atoms with Crippen LogP contribution in [0.2, 0.25) is 0 Å². The van der Waals surface area contributed by atoms with Crippen molar-refractivity contribution in [2.75, 3.05) is 13.2 Å². The van der Waals surface area contributed by atoms with Gasteiger partial charge in [0.2, 0.25) is 5.91 Å². The third-order valence-corrected chi connectivity index (χ3v) is 13.6. The molecule has 110 valence electrons. The summed E-state index contributed by atoms with van der Waals surface area (Å²) in [7, 11) is -2.73. The Morgan fingerprint density at radius 1 is 1.15 bits per heavy atom. The minimum absolute atomic E-state index is 0.441. The molecule has 0 aliphatic carbocycles. The zero-order valence-corrected chi connectivity index (χ0v) is 14.9. The predicted molar refractivity (Wildman–Crippen MR) is 86.6 cm³/mol. The van der Waals surface area contributed by atoms with E-state index in [0.29, 0.717) is 18.9 Å². The van der Waals surface area contributed by atoms with Gasteiger partial charge in [-0.3, -0.25) is 0 Å². The molecule has 2 aliphatic rings. The van der Waals surface area contributed by atoms with Crippen LogP contribution in [0.15, 0.2) is 44.1 Å². The number of para-hydroxylation sites is 1. The van der Waals surface area contributed by atoms with Crippen molar-refractivity contribution in [3.05, 3.63) is 30.3 Å². The smallest absolute Gasteiger partial charge is 0.323 e. The van der Waals surface area contributed by atoms with Crippen molar-refractivity contribution in [3.63, 3.8) is 0 Å². The van der Waals surface area contributed by atoms with Crippen molar-refractivity contribution in [2.45, 2.75) is 0 Å². The van der Waals surface area contributed by atoms with Crippen LogP contribution < -0.4 is 9.38 Å². The van der Waals surface area contributed by atoms with E-state index >= 15 is 0 Å². The molecule has 0 saturated carbocycles. The zero-order valence-electron chi connectivity index (χ0n) is 9.93. The van der Waals surface area contributed by atoms with Gasteiger partial charge in [0.25, 0.3) is 0 Å². The summed E-state index contributed by atoms with van der Waals surface area (Å²) < 4.78 is 24.2. The molecule has 0 fully saturated rings. The first kappa shape index (κ1) is 15.4. The highest BCUT2D eigenvalue weighted by Gasteiger charge is 2.40. The van der Waals surface area contributed by atoms with Gasteiger partial charge in [0.15, 0.2) is 0 Å². The van der Waals surface area contributed by atoms with Gasteiger partial charge in [-0.05, 0) is 45.9 Å². The maximum atomic E-state index is 6.46. The molecular weight excluding hydrogens is 383 g/mol. The third kappa shape index (κ3) is 3.45. The summed E-state index contributed by atoms with van der Waals surface area (Å²) in [6.07, 6.45) is 0. The molecule has 2 atom stereocenters. The lowest BCUT2D eigenvalue weighted by atomic mass is 10.3. The van der Waals surface area contributed by atoms with Gasteiger partial charge in [-0.15, -0.1) is 0 Å². The first-order valence-corrected chi connectivity index (χ1v) is 13.2. The van der Waals surface area contributed by atoms with Crippen molar-refractivity contribution in [2.24, 2.45) is 13.8 Å². The first-order valence-electron chi connectivity index (χ1n) is 5.54. The van der Waals surface area contributed by atoms with E-state index in [9.17, 15) is 0 Å². The fourth-order valence-corrected chi connectivity index (χ4v) is 15.2. The first-order chi connectivity index (χ1) is 9.41. The molecule has 0 radical (unpaired) electrons. The molecule has 0 amide bonds. The number of halogens is 3. The maximum absolute atomic E-state index is 6.46. The van der Waals surface area contributed by atoms with Gasteiger partial charge in [-0.1, -0.05) is 18.2 Å². The Labute approximate surface area is 131 Å². The van der Waals surface area contributed by atoms with Crippen molar-refractivity contribution in [3.8, 4) is 5.75 Å². The van der Waals surface area contributed by atoms with Crippen LogP contribution in [0.1, 0.15) is 0 Å². The molecule has 0 saturated heterocycles. The fraction of sp³-hybridized carbons (Fsp3) is 0.250. The SMILES string of the molecule is ClP1(Cl)=N[P@@]2(=NCCO2)N=[P@@](Cl)(Oc2ccccc2)N1. The highest BCUT2D eigenvalue weighted by Crippen LogP contribution is 2.81. The van der Waals surface area contributed by atoms with E-state index in [4.69, 9.17) is 42.8 Å². The molecule has 0 bridgehead atoms. The third-order valence-electron chi connectivity index (χ3n) is 2.31. The normalized spacial score (nSPS) is 35.0. The summed E-state index contributed by atoms with van der Waals surface area (Å²) in [4.78, 5) is 2.82.